The van der Waals surface area contributed by atoms with Crippen LogP contribution in [0.3, 0.4) is 0 Å². The van der Waals surface area contributed by atoms with Gasteiger partial charge in [-0.05, 0) is 50.6 Å². The Morgan fingerprint density at radius 3 is 1.29 bits per heavy atom. The standard InChI is InChI=1S/C34H23NO3/c36-29-21-22-34(23-28(29)35(37)38)32(26-17-9-3-10-18-26)30(24-13-5-1-6-14-24)31(25-15-7-2-8-16-25)33(34)27-19-11-4-12-20-27/h1-23H. The molecule has 6 rings (SSSR count). The zero-order valence-corrected chi connectivity index (χ0v) is 20.5. The van der Waals surface area contributed by atoms with E-state index in [2.05, 4.69) is 24.3 Å². The van der Waals surface area contributed by atoms with Gasteiger partial charge < -0.3 is 0 Å². The molecule has 0 fully saturated rings. The minimum absolute atomic E-state index is 0.420. The van der Waals surface area contributed by atoms with Crippen LogP contribution < -0.4 is 0 Å². The third-order valence-corrected chi connectivity index (χ3v) is 7.14. The quantitative estimate of drug-likeness (QED) is 0.214. The Morgan fingerprint density at radius 1 is 0.553 bits per heavy atom. The molecule has 0 saturated heterocycles. The van der Waals surface area contributed by atoms with E-state index in [0.29, 0.717) is 0 Å². The van der Waals surface area contributed by atoms with Crippen molar-refractivity contribution in [3.8, 4) is 0 Å². The normalized spacial score (nSPS) is 16.2. The Kier molecular flexibility index (Phi) is 5.78. The van der Waals surface area contributed by atoms with Crippen LogP contribution in [0.25, 0.3) is 22.3 Å². The molecular formula is C34H23NO3. The molecule has 4 aromatic carbocycles. The van der Waals surface area contributed by atoms with Gasteiger partial charge in [-0.25, -0.2) is 0 Å². The average Bonchev–Trinajstić information content (AvgIpc) is 3.26. The molecule has 182 valence electrons. The molecule has 4 aromatic rings. The highest BCUT2D eigenvalue weighted by Gasteiger charge is 2.49. The number of allylic oxidation sites excluding steroid dienone is 7. The van der Waals surface area contributed by atoms with Gasteiger partial charge in [-0.3, -0.25) is 14.9 Å². The van der Waals surface area contributed by atoms with Crippen LogP contribution in [0, 0.1) is 15.5 Å². The van der Waals surface area contributed by atoms with Crippen LogP contribution in [0.1, 0.15) is 22.3 Å². The second-order valence-electron chi connectivity index (χ2n) is 9.32. The van der Waals surface area contributed by atoms with Crippen LogP contribution >= 0.6 is 0 Å². The molecule has 0 atom stereocenters. The molecule has 2 aliphatic rings. The number of nitro groups is 1. The molecule has 2 aliphatic carbocycles. The van der Waals surface area contributed by atoms with Crippen LogP contribution in [0.5, 0.6) is 0 Å². The van der Waals surface area contributed by atoms with Crippen molar-refractivity contribution in [3.63, 3.8) is 0 Å². The first-order chi connectivity index (χ1) is 18.6. The van der Waals surface area contributed by atoms with E-state index >= 15 is 0 Å². The molecule has 0 saturated carbocycles. The van der Waals surface area contributed by atoms with Crippen molar-refractivity contribution in [2.75, 3.05) is 0 Å². The number of carbonyl (C=O) groups is 1. The number of ketones is 1. The molecule has 38 heavy (non-hydrogen) atoms. The largest absolute Gasteiger partial charge is 0.313 e. The number of hydrogen-bond acceptors (Lipinski definition) is 3. The monoisotopic (exact) mass is 493 g/mol. The van der Waals surface area contributed by atoms with Crippen molar-refractivity contribution in [1.29, 1.82) is 0 Å². The summed E-state index contributed by atoms with van der Waals surface area (Å²) in [4.78, 5) is 24.3. The van der Waals surface area contributed by atoms with Gasteiger partial charge in [0, 0.05) is 6.08 Å². The molecule has 0 N–H and O–H groups in total. The lowest BCUT2D eigenvalue weighted by Gasteiger charge is -2.32. The van der Waals surface area contributed by atoms with Gasteiger partial charge in [0.25, 0.3) is 5.78 Å². The Bertz CT molecular complexity index is 1560. The van der Waals surface area contributed by atoms with Crippen molar-refractivity contribution in [2.45, 2.75) is 0 Å². The number of benzene rings is 4. The minimum atomic E-state index is -1.05. The van der Waals surface area contributed by atoms with Crippen LogP contribution in [0.2, 0.25) is 0 Å². The molecule has 4 nitrogen and oxygen atoms in total. The summed E-state index contributed by atoms with van der Waals surface area (Å²) in [6.07, 6.45) is 4.76. The molecule has 0 aliphatic heterocycles. The molecule has 4 heteroatoms. The lowest BCUT2D eigenvalue weighted by Crippen LogP contribution is -2.25. The average molecular weight is 494 g/mol. The Hall–Kier alpha value is -5.09. The fraction of sp³-hybridized carbons (Fsp3) is 0.0294. The minimum Gasteiger partial charge on any atom is -0.282 e. The number of hydrogen-bond donors (Lipinski definition) is 0. The van der Waals surface area contributed by atoms with Crippen molar-refractivity contribution in [3.05, 3.63) is 178 Å². The van der Waals surface area contributed by atoms with E-state index in [1.165, 1.54) is 6.08 Å². The summed E-state index contributed by atoms with van der Waals surface area (Å²) < 4.78 is 0. The molecule has 0 radical (unpaired) electrons. The summed E-state index contributed by atoms with van der Waals surface area (Å²) in [6, 6.07) is 40.1. The van der Waals surface area contributed by atoms with Crippen LogP contribution in [0.15, 0.2) is 145 Å². The Labute approximate surface area is 220 Å². The van der Waals surface area contributed by atoms with Gasteiger partial charge in [0.2, 0.25) is 0 Å². The van der Waals surface area contributed by atoms with Crippen molar-refractivity contribution >= 4 is 28.1 Å². The van der Waals surface area contributed by atoms with Gasteiger partial charge in [0.1, 0.15) is 0 Å². The smallest absolute Gasteiger partial charge is 0.282 e. The maximum atomic E-state index is 12.7. The number of nitrogens with zero attached hydrogens (tertiary/aromatic N) is 1. The maximum Gasteiger partial charge on any atom is 0.313 e. The van der Waals surface area contributed by atoms with Crippen LogP contribution in [-0.4, -0.2) is 10.7 Å². The van der Waals surface area contributed by atoms with Crippen molar-refractivity contribution < 1.29 is 9.72 Å². The highest BCUT2D eigenvalue weighted by atomic mass is 16.6. The fourth-order valence-corrected chi connectivity index (χ4v) is 5.63. The van der Waals surface area contributed by atoms with Gasteiger partial charge in [-0.15, -0.1) is 0 Å². The second-order valence-corrected chi connectivity index (χ2v) is 9.32. The first kappa shape index (κ1) is 23.3. The first-order valence-electron chi connectivity index (χ1n) is 12.4. The van der Waals surface area contributed by atoms with E-state index in [9.17, 15) is 14.9 Å². The maximum absolute atomic E-state index is 12.7. The summed E-state index contributed by atoms with van der Waals surface area (Å²) in [5.74, 6) is -0.602. The molecule has 0 bridgehead atoms. The summed E-state index contributed by atoms with van der Waals surface area (Å²) in [5.41, 5.74) is 6.18. The van der Waals surface area contributed by atoms with E-state index < -0.39 is 21.8 Å². The van der Waals surface area contributed by atoms with E-state index in [1.807, 2.05) is 103 Å². The zero-order chi connectivity index (χ0) is 26.1. The SMILES string of the molecule is O=C1C=CC2(C=C1[N+](=O)[O-])C(c1ccccc1)=C(c1ccccc1)C(c1ccccc1)=C2c1ccccc1. The molecule has 0 heterocycles. The highest BCUT2D eigenvalue weighted by Crippen LogP contribution is 2.63. The van der Waals surface area contributed by atoms with Gasteiger partial charge in [0.15, 0.2) is 0 Å². The van der Waals surface area contributed by atoms with E-state index in [4.69, 9.17) is 0 Å². The fourth-order valence-electron chi connectivity index (χ4n) is 5.63. The predicted octanol–water partition coefficient (Wildman–Crippen LogP) is 7.51. The van der Waals surface area contributed by atoms with Crippen molar-refractivity contribution in [1.82, 2.24) is 0 Å². The third kappa shape index (κ3) is 3.75. The topological polar surface area (TPSA) is 60.2 Å². The second kappa shape index (κ2) is 9.41. The Morgan fingerprint density at radius 2 is 0.921 bits per heavy atom. The van der Waals surface area contributed by atoms with Crippen molar-refractivity contribution in [2.24, 2.45) is 5.41 Å². The molecule has 0 amide bonds. The van der Waals surface area contributed by atoms with E-state index in [1.54, 1.807) is 6.08 Å². The zero-order valence-electron chi connectivity index (χ0n) is 20.5. The van der Waals surface area contributed by atoms with E-state index in [-0.39, 0.29) is 0 Å². The Balaban J connectivity index is 1.84. The summed E-state index contributed by atoms with van der Waals surface area (Å²) >= 11 is 0. The van der Waals surface area contributed by atoms with Crippen LogP contribution in [-0.2, 0) is 4.79 Å². The molecule has 1 spiro atoms. The summed E-state index contributed by atoms with van der Waals surface area (Å²) in [7, 11) is 0. The lowest BCUT2D eigenvalue weighted by molar-refractivity contribution is -0.419. The molecular weight excluding hydrogens is 470 g/mol. The third-order valence-electron chi connectivity index (χ3n) is 7.14. The lowest BCUT2D eigenvalue weighted by atomic mass is 9.68. The molecule has 0 aromatic heterocycles. The van der Waals surface area contributed by atoms with E-state index in [0.717, 1.165) is 44.5 Å². The van der Waals surface area contributed by atoms with Gasteiger partial charge in [-0.1, -0.05) is 127 Å². The first-order valence-corrected chi connectivity index (χ1v) is 12.4. The highest BCUT2D eigenvalue weighted by molar-refractivity contribution is 6.31. The number of rotatable bonds is 5. The van der Waals surface area contributed by atoms with Gasteiger partial charge in [-0.2, -0.15) is 0 Å². The summed E-state index contributed by atoms with van der Waals surface area (Å²) in [5, 5.41) is 12.1. The summed E-state index contributed by atoms with van der Waals surface area (Å²) in [6.45, 7) is 0. The van der Waals surface area contributed by atoms with Crippen LogP contribution in [0.4, 0.5) is 0 Å². The molecule has 0 unspecified atom stereocenters. The van der Waals surface area contributed by atoms with Gasteiger partial charge >= 0.3 is 5.70 Å². The number of carbonyl (C=O) groups excluding carboxylic acids is 1. The predicted molar refractivity (Wildman–Crippen MR) is 151 cm³/mol. The van der Waals surface area contributed by atoms with Gasteiger partial charge in [0.05, 0.1) is 10.3 Å².